The van der Waals surface area contributed by atoms with Gasteiger partial charge in [-0.2, -0.15) is 0 Å². The molecule has 8 nitrogen and oxygen atoms in total. The lowest BCUT2D eigenvalue weighted by Crippen LogP contribution is -2.29. The number of ether oxygens (including phenoxy) is 4. The Kier molecular flexibility index (Phi) is 4.43. The zero-order valence-corrected chi connectivity index (χ0v) is 13.5. The molecular formula is C17H18N2O6. The first-order valence-electron chi connectivity index (χ1n) is 8.11. The minimum atomic E-state index is -0.259. The molecule has 4 rings (SSSR count). The number of nitrogens with one attached hydrogen (secondary N) is 1. The van der Waals surface area contributed by atoms with Crippen molar-refractivity contribution in [2.75, 3.05) is 26.6 Å². The van der Waals surface area contributed by atoms with Gasteiger partial charge in [-0.15, -0.1) is 0 Å². The van der Waals surface area contributed by atoms with Crippen LogP contribution in [0.25, 0.3) is 0 Å². The molecule has 1 saturated heterocycles. The fourth-order valence-corrected chi connectivity index (χ4v) is 2.67. The number of hydrogen-bond donors (Lipinski definition) is 1. The summed E-state index contributed by atoms with van der Waals surface area (Å²) in [7, 11) is 0. The van der Waals surface area contributed by atoms with E-state index in [1.54, 1.807) is 18.2 Å². The van der Waals surface area contributed by atoms with Crippen molar-refractivity contribution >= 4 is 5.91 Å². The third-order valence-corrected chi connectivity index (χ3v) is 4.07. The molecule has 0 saturated carbocycles. The molecule has 0 aliphatic carbocycles. The van der Waals surface area contributed by atoms with E-state index in [1.807, 2.05) is 0 Å². The summed E-state index contributed by atoms with van der Waals surface area (Å²) in [6, 6.07) is 5.29. The van der Waals surface area contributed by atoms with Crippen molar-refractivity contribution in [1.29, 1.82) is 0 Å². The Balaban J connectivity index is 1.29. The lowest BCUT2D eigenvalue weighted by atomic mass is 10.1. The molecule has 2 aromatic rings. The molecule has 2 aliphatic rings. The summed E-state index contributed by atoms with van der Waals surface area (Å²) in [6.45, 7) is 2.35. The zero-order valence-electron chi connectivity index (χ0n) is 13.5. The van der Waals surface area contributed by atoms with Crippen LogP contribution in [0.15, 0.2) is 28.9 Å². The van der Waals surface area contributed by atoms with Gasteiger partial charge in [0.2, 0.25) is 12.7 Å². The highest BCUT2D eigenvalue weighted by Gasteiger charge is 2.19. The Morgan fingerprint density at radius 3 is 3.12 bits per heavy atom. The molecule has 1 aromatic heterocycles. The number of aromatic nitrogens is 1. The van der Waals surface area contributed by atoms with E-state index in [9.17, 15) is 4.79 Å². The first kappa shape index (κ1) is 15.8. The molecule has 1 aromatic carbocycles. The molecule has 1 fully saturated rings. The van der Waals surface area contributed by atoms with E-state index in [4.69, 9.17) is 23.4 Å². The Morgan fingerprint density at radius 2 is 2.24 bits per heavy atom. The fourth-order valence-electron chi connectivity index (χ4n) is 2.67. The largest absolute Gasteiger partial charge is 0.484 e. The van der Waals surface area contributed by atoms with Crippen molar-refractivity contribution in [1.82, 2.24) is 10.3 Å². The van der Waals surface area contributed by atoms with E-state index < -0.39 is 0 Å². The van der Waals surface area contributed by atoms with Gasteiger partial charge in [-0.3, -0.25) is 4.79 Å². The molecular weight excluding hydrogens is 328 g/mol. The first-order valence-corrected chi connectivity index (χ1v) is 8.11. The molecule has 0 spiro atoms. The van der Waals surface area contributed by atoms with Gasteiger partial charge in [0, 0.05) is 25.1 Å². The van der Waals surface area contributed by atoms with Crippen LogP contribution in [-0.4, -0.2) is 37.4 Å². The summed E-state index contributed by atoms with van der Waals surface area (Å²) >= 11 is 0. The summed E-state index contributed by atoms with van der Waals surface area (Å²) in [6.07, 6.45) is 2.30. The van der Waals surface area contributed by atoms with Gasteiger partial charge in [0.05, 0.1) is 6.61 Å². The molecule has 0 bridgehead atoms. The number of benzene rings is 1. The van der Waals surface area contributed by atoms with Crippen molar-refractivity contribution in [2.45, 2.75) is 13.0 Å². The number of nitrogens with zero attached hydrogens (tertiary/aromatic N) is 1. The van der Waals surface area contributed by atoms with Gasteiger partial charge in [-0.05, 0) is 18.6 Å². The lowest BCUT2D eigenvalue weighted by Gasteiger charge is -2.07. The molecule has 1 atom stereocenters. The first-order chi connectivity index (χ1) is 12.3. The van der Waals surface area contributed by atoms with Gasteiger partial charge in [-0.25, -0.2) is 4.98 Å². The Labute approximate surface area is 144 Å². The molecule has 1 amide bonds. The third-order valence-electron chi connectivity index (χ3n) is 4.07. The van der Waals surface area contributed by atoms with Crippen LogP contribution in [0.2, 0.25) is 0 Å². The predicted molar refractivity (Wildman–Crippen MR) is 84.7 cm³/mol. The van der Waals surface area contributed by atoms with Crippen LogP contribution in [0.4, 0.5) is 0 Å². The topological polar surface area (TPSA) is 92.1 Å². The second-order valence-corrected chi connectivity index (χ2v) is 5.87. The van der Waals surface area contributed by atoms with Crippen molar-refractivity contribution in [3.63, 3.8) is 0 Å². The van der Waals surface area contributed by atoms with Crippen LogP contribution in [0.1, 0.15) is 22.8 Å². The van der Waals surface area contributed by atoms with Gasteiger partial charge in [0.1, 0.15) is 12.0 Å². The second-order valence-electron chi connectivity index (χ2n) is 5.87. The molecule has 25 heavy (non-hydrogen) atoms. The molecule has 0 radical (unpaired) electrons. The minimum Gasteiger partial charge on any atom is -0.484 e. The maximum atomic E-state index is 12.1. The Bertz CT molecular complexity index is 753. The van der Waals surface area contributed by atoms with Gasteiger partial charge >= 0.3 is 0 Å². The minimum absolute atomic E-state index is 0.114. The van der Waals surface area contributed by atoms with Crippen LogP contribution in [0, 0.1) is 5.92 Å². The van der Waals surface area contributed by atoms with Gasteiger partial charge < -0.3 is 28.7 Å². The lowest BCUT2D eigenvalue weighted by molar-refractivity contribution is 0.0940. The van der Waals surface area contributed by atoms with E-state index in [0.29, 0.717) is 42.2 Å². The van der Waals surface area contributed by atoms with E-state index in [2.05, 4.69) is 10.3 Å². The zero-order chi connectivity index (χ0) is 17.1. The number of amides is 1. The summed E-state index contributed by atoms with van der Waals surface area (Å²) in [4.78, 5) is 16.2. The highest BCUT2D eigenvalue weighted by Crippen LogP contribution is 2.35. The van der Waals surface area contributed by atoms with Crippen LogP contribution in [-0.2, 0) is 11.3 Å². The van der Waals surface area contributed by atoms with Crippen LogP contribution in [0.5, 0.6) is 17.2 Å². The molecule has 2 aliphatic heterocycles. The predicted octanol–water partition coefficient (Wildman–Crippen LogP) is 1.75. The molecule has 1 N–H and O–H groups in total. The average Bonchev–Trinajstić information content (AvgIpc) is 3.39. The quantitative estimate of drug-likeness (QED) is 0.852. The molecule has 3 heterocycles. The second kappa shape index (κ2) is 7.02. The van der Waals surface area contributed by atoms with E-state index >= 15 is 0 Å². The van der Waals surface area contributed by atoms with Gasteiger partial charge in [-0.1, -0.05) is 0 Å². The van der Waals surface area contributed by atoms with Crippen molar-refractivity contribution in [3.8, 4) is 17.2 Å². The van der Waals surface area contributed by atoms with Crippen LogP contribution < -0.4 is 19.5 Å². The maximum absolute atomic E-state index is 12.1. The van der Waals surface area contributed by atoms with E-state index in [0.717, 1.165) is 13.0 Å². The van der Waals surface area contributed by atoms with E-state index in [1.165, 1.54) is 6.26 Å². The number of fused-ring (bicyclic) bond motifs is 1. The maximum Gasteiger partial charge on any atom is 0.273 e. The summed E-state index contributed by atoms with van der Waals surface area (Å²) in [5.41, 5.74) is 0.239. The number of carbonyl (C=O) groups is 1. The smallest absolute Gasteiger partial charge is 0.273 e. The average molecular weight is 346 g/mol. The monoisotopic (exact) mass is 346 g/mol. The number of carbonyl (C=O) groups excluding carboxylic acids is 1. The number of rotatable bonds is 6. The Hall–Kier alpha value is -2.74. The number of oxazole rings is 1. The van der Waals surface area contributed by atoms with Crippen molar-refractivity contribution in [2.24, 2.45) is 5.92 Å². The fraction of sp³-hybridized carbons (Fsp3) is 0.412. The molecule has 8 heteroatoms. The molecule has 132 valence electrons. The van der Waals surface area contributed by atoms with Gasteiger partial charge in [0.15, 0.2) is 23.8 Å². The van der Waals surface area contributed by atoms with Gasteiger partial charge in [0.25, 0.3) is 5.91 Å². The van der Waals surface area contributed by atoms with Crippen molar-refractivity contribution < 1.29 is 28.2 Å². The highest BCUT2D eigenvalue weighted by atomic mass is 16.7. The standard InChI is InChI=1S/C17H18N2O6/c20-17(18-6-11-3-4-21-7-11)13-8-23-16(19-13)9-22-12-1-2-14-15(5-12)25-10-24-14/h1-2,5,8,11H,3-4,6-7,9-10H2,(H,18,20)/t11-/m0/s1. The summed E-state index contributed by atoms with van der Waals surface area (Å²) in [5, 5.41) is 2.84. The van der Waals surface area contributed by atoms with Crippen LogP contribution in [0.3, 0.4) is 0 Å². The van der Waals surface area contributed by atoms with Crippen molar-refractivity contribution in [3.05, 3.63) is 36.0 Å². The normalized spacial score (nSPS) is 18.3. The summed E-state index contributed by atoms with van der Waals surface area (Å²) < 4.78 is 26.7. The highest BCUT2D eigenvalue weighted by molar-refractivity contribution is 5.91. The molecule has 0 unspecified atom stereocenters. The summed E-state index contributed by atoms with van der Waals surface area (Å²) in [5.74, 6) is 2.37. The van der Waals surface area contributed by atoms with E-state index in [-0.39, 0.29) is 25.0 Å². The third kappa shape index (κ3) is 3.69. The number of hydrogen-bond acceptors (Lipinski definition) is 7. The SMILES string of the molecule is O=C(NC[C@@H]1CCOC1)c1coc(COc2ccc3c(c2)OCO3)n1. The Morgan fingerprint density at radius 1 is 1.32 bits per heavy atom. The van der Waals surface area contributed by atoms with Crippen LogP contribution >= 0.6 is 0 Å².